The van der Waals surface area contributed by atoms with E-state index in [0.717, 1.165) is 0 Å². The van der Waals surface area contributed by atoms with Crippen LogP contribution in [-0.4, -0.2) is 27.5 Å². The number of rotatable bonds is 5. The van der Waals surface area contributed by atoms with Gasteiger partial charge in [0, 0.05) is 17.1 Å². The van der Waals surface area contributed by atoms with E-state index in [-0.39, 0.29) is 16.0 Å². The molecule has 1 aliphatic rings. The number of amides is 1. The average molecular weight is 477 g/mol. The second-order valence-electron chi connectivity index (χ2n) is 7.34. The van der Waals surface area contributed by atoms with Crippen LogP contribution in [0.5, 0.6) is 11.5 Å². The lowest BCUT2D eigenvalue weighted by Crippen LogP contribution is -2.27. The molecule has 172 valence electrons. The number of nitrogens with one attached hydrogen (secondary N) is 2. The van der Waals surface area contributed by atoms with Crippen molar-refractivity contribution in [2.45, 2.75) is 4.90 Å². The number of hydrogen-bond donors (Lipinski definition) is 2. The molecule has 0 aliphatic carbocycles. The third-order valence-electron chi connectivity index (χ3n) is 5.02. The highest BCUT2D eigenvalue weighted by Gasteiger charge is 2.17. The zero-order chi connectivity index (χ0) is 23.5. The maximum absolute atomic E-state index is 13.2. The number of para-hydroxylation sites is 1. The van der Waals surface area contributed by atoms with Crippen molar-refractivity contribution >= 4 is 32.6 Å². The number of fused-ring (bicyclic) bond motifs is 2. The van der Waals surface area contributed by atoms with Crippen LogP contribution in [0.15, 0.2) is 93.3 Å². The summed E-state index contributed by atoms with van der Waals surface area (Å²) in [6.45, 7) is 0.875. The molecular weight excluding hydrogens is 458 g/mol. The molecule has 2 N–H and O–H groups in total. The molecule has 10 heteroatoms. The number of sulfonamides is 1. The van der Waals surface area contributed by atoms with Crippen LogP contribution in [0.3, 0.4) is 0 Å². The molecule has 1 aliphatic heterocycles. The van der Waals surface area contributed by atoms with E-state index in [1.807, 2.05) is 0 Å². The van der Waals surface area contributed by atoms with Gasteiger partial charge < -0.3 is 19.2 Å². The molecule has 0 atom stereocenters. The summed E-state index contributed by atoms with van der Waals surface area (Å²) in [5.74, 6) is 0.576. The molecular formula is C24H19N3O6S. The third-order valence-corrected chi connectivity index (χ3v) is 6.25. The molecule has 0 saturated heterocycles. The maximum Gasteiger partial charge on any atom is 0.276 e. The van der Waals surface area contributed by atoms with Gasteiger partial charge in [-0.3, -0.25) is 4.79 Å². The second-order valence-corrected chi connectivity index (χ2v) is 9.00. The maximum atomic E-state index is 13.2. The normalized spacial score (nSPS) is 13.5. The summed E-state index contributed by atoms with van der Waals surface area (Å²) in [5.41, 5.74) is 0.770. The van der Waals surface area contributed by atoms with Crippen molar-refractivity contribution in [3.05, 3.63) is 90.0 Å². The van der Waals surface area contributed by atoms with E-state index >= 15 is 0 Å². The number of nitrogens with zero attached hydrogens (tertiary/aromatic N) is 1. The summed E-state index contributed by atoms with van der Waals surface area (Å²) in [5, 5.41) is 7.35. The van der Waals surface area contributed by atoms with Gasteiger partial charge in [0.05, 0.1) is 4.90 Å². The van der Waals surface area contributed by atoms with Crippen molar-refractivity contribution in [3.8, 4) is 11.5 Å². The highest BCUT2D eigenvalue weighted by Crippen LogP contribution is 2.32. The summed E-state index contributed by atoms with van der Waals surface area (Å²) in [6.07, 6.45) is 0. The van der Waals surface area contributed by atoms with Gasteiger partial charge >= 0.3 is 0 Å². The zero-order valence-electron chi connectivity index (χ0n) is 17.7. The van der Waals surface area contributed by atoms with Crippen LogP contribution in [0.2, 0.25) is 0 Å². The number of carbonyl (C=O) groups excluding carboxylic acids is 1. The Hall–Kier alpha value is -4.31. The Morgan fingerprint density at radius 3 is 2.41 bits per heavy atom. The van der Waals surface area contributed by atoms with Gasteiger partial charge in [0.25, 0.3) is 15.9 Å². The van der Waals surface area contributed by atoms with Crippen molar-refractivity contribution in [1.82, 2.24) is 4.83 Å². The fraction of sp³-hybridized carbons (Fsp3) is 0.0833. The Labute approximate surface area is 194 Å². The van der Waals surface area contributed by atoms with Crippen LogP contribution in [0.1, 0.15) is 10.4 Å². The average Bonchev–Trinajstić information content (AvgIpc) is 2.87. The Morgan fingerprint density at radius 1 is 0.853 bits per heavy atom. The van der Waals surface area contributed by atoms with E-state index in [2.05, 4.69) is 15.2 Å². The first-order valence-corrected chi connectivity index (χ1v) is 11.8. The lowest BCUT2D eigenvalue weighted by atomic mass is 10.1. The topological polar surface area (TPSA) is 119 Å². The number of anilines is 1. The van der Waals surface area contributed by atoms with E-state index in [1.54, 1.807) is 66.7 Å². The number of benzene rings is 3. The monoisotopic (exact) mass is 477 g/mol. The highest BCUT2D eigenvalue weighted by molar-refractivity contribution is 7.89. The Bertz CT molecular complexity index is 1550. The first-order valence-electron chi connectivity index (χ1n) is 10.3. The third kappa shape index (κ3) is 4.44. The molecule has 1 aromatic heterocycles. The molecule has 0 fully saturated rings. The molecule has 0 spiro atoms. The van der Waals surface area contributed by atoms with E-state index in [4.69, 9.17) is 13.9 Å². The molecule has 0 radical (unpaired) electrons. The Balaban J connectivity index is 1.51. The summed E-state index contributed by atoms with van der Waals surface area (Å²) < 4.78 is 42.0. The van der Waals surface area contributed by atoms with Crippen LogP contribution in [-0.2, 0) is 10.0 Å². The predicted octanol–water partition coefficient (Wildman–Crippen LogP) is 3.25. The van der Waals surface area contributed by atoms with Gasteiger partial charge in [-0.1, -0.05) is 36.4 Å². The summed E-state index contributed by atoms with van der Waals surface area (Å²) in [4.78, 5) is 15.3. The van der Waals surface area contributed by atoms with Gasteiger partial charge in [-0.05, 0) is 36.4 Å². The van der Waals surface area contributed by atoms with Crippen LogP contribution in [0, 0.1) is 0 Å². The molecule has 9 nitrogen and oxygen atoms in total. The minimum atomic E-state index is -3.96. The van der Waals surface area contributed by atoms with Gasteiger partial charge in [-0.2, -0.15) is 13.2 Å². The van der Waals surface area contributed by atoms with Crippen LogP contribution in [0.4, 0.5) is 5.69 Å². The fourth-order valence-corrected chi connectivity index (χ4v) is 4.21. The van der Waals surface area contributed by atoms with E-state index in [0.29, 0.717) is 41.4 Å². The van der Waals surface area contributed by atoms with Crippen LogP contribution >= 0.6 is 0 Å². The van der Waals surface area contributed by atoms with E-state index in [1.165, 1.54) is 12.1 Å². The smallest absolute Gasteiger partial charge is 0.276 e. The quantitative estimate of drug-likeness (QED) is 0.426. The first-order chi connectivity index (χ1) is 16.5. The summed E-state index contributed by atoms with van der Waals surface area (Å²) in [6, 6.07) is 21.4. The fourth-order valence-electron chi connectivity index (χ4n) is 3.39. The van der Waals surface area contributed by atoms with Crippen LogP contribution in [0.25, 0.3) is 11.0 Å². The van der Waals surface area contributed by atoms with Gasteiger partial charge in [0.15, 0.2) is 11.5 Å². The van der Waals surface area contributed by atoms with Crippen molar-refractivity contribution in [1.29, 1.82) is 0 Å². The second kappa shape index (κ2) is 8.91. The lowest BCUT2D eigenvalue weighted by Gasteiger charge is -2.19. The SMILES string of the molecule is O=C(Nc1ccc2c(c1)OCCO2)c1cc2ccccc2oc1=NNS(=O)(=O)c1ccccc1. The molecule has 5 rings (SSSR count). The molecule has 0 unspecified atom stereocenters. The molecule has 2 heterocycles. The van der Waals surface area contributed by atoms with E-state index < -0.39 is 15.9 Å². The summed E-state index contributed by atoms with van der Waals surface area (Å²) in [7, 11) is -3.96. The lowest BCUT2D eigenvalue weighted by molar-refractivity contribution is 0.102. The molecule has 34 heavy (non-hydrogen) atoms. The van der Waals surface area contributed by atoms with Gasteiger partial charge in [-0.15, -0.1) is 5.10 Å². The van der Waals surface area contributed by atoms with Gasteiger partial charge in [0.1, 0.15) is 24.4 Å². The van der Waals surface area contributed by atoms with Crippen molar-refractivity contribution in [2.24, 2.45) is 5.10 Å². The number of carbonyl (C=O) groups is 1. The van der Waals surface area contributed by atoms with Gasteiger partial charge in [0.2, 0.25) is 5.55 Å². The van der Waals surface area contributed by atoms with Crippen molar-refractivity contribution in [3.63, 3.8) is 0 Å². The van der Waals surface area contributed by atoms with Crippen molar-refractivity contribution < 1.29 is 27.1 Å². The minimum Gasteiger partial charge on any atom is -0.486 e. The highest BCUT2D eigenvalue weighted by atomic mass is 32.2. The molecule has 4 aromatic rings. The minimum absolute atomic E-state index is 0.0295. The Morgan fingerprint density at radius 2 is 1.59 bits per heavy atom. The number of ether oxygens (including phenoxy) is 2. The standard InChI is InChI=1S/C24H19N3O6S/c28-23(25-17-10-11-21-22(15-17)32-13-12-31-21)19-14-16-6-4-5-9-20(16)33-24(19)26-27-34(29,30)18-7-2-1-3-8-18/h1-11,14-15,27H,12-13H2,(H,25,28). The molecule has 0 saturated carbocycles. The zero-order valence-corrected chi connectivity index (χ0v) is 18.5. The molecule has 1 amide bonds. The molecule has 3 aromatic carbocycles. The van der Waals surface area contributed by atoms with Crippen LogP contribution < -0.4 is 25.2 Å². The first kappa shape index (κ1) is 21.5. The number of hydrogen-bond acceptors (Lipinski definition) is 7. The largest absolute Gasteiger partial charge is 0.486 e. The Kier molecular flexibility index (Phi) is 5.64. The predicted molar refractivity (Wildman–Crippen MR) is 124 cm³/mol. The summed E-state index contributed by atoms with van der Waals surface area (Å²) >= 11 is 0. The van der Waals surface area contributed by atoms with E-state index in [9.17, 15) is 13.2 Å². The molecule has 0 bridgehead atoms. The van der Waals surface area contributed by atoms with Gasteiger partial charge in [-0.25, -0.2) is 0 Å². The van der Waals surface area contributed by atoms with Crippen molar-refractivity contribution in [2.75, 3.05) is 18.5 Å².